The fourth-order valence-corrected chi connectivity index (χ4v) is 2.27. The third-order valence-corrected chi connectivity index (χ3v) is 3.50. The van der Waals surface area contributed by atoms with Crippen molar-refractivity contribution in [2.45, 2.75) is 13.5 Å². The third-order valence-electron chi connectivity index (χ3n) is 3.50. The summed E-state index contributed by atoms with van der Waals surface area (Å²) < 4.78 is 13.2. The van der Waals surface area contributed by atoms with E-state index in [0.29, 0.717) is 32.1 Å². The third kappa shape index (κ3) is 7.81. The molecule has 0 heterocycles. The molecule has 0 saturated carbocycles. The van der Waals surface area contributed by atoms with Gasteiger partial charge in [-0.2, -0.15) is 0 Å². The standard InChI is InChI=1S/C19H23FN4O2.HI/c1-2-21-19(24-13-14-6-5-7-15(20)12-14)23-11-10-22-18(26)16-8-3-4-9-17(16)25;/h3-9,12,25H,2,10-11,13H2,1H3,(H,22,26)(H2,21,23,24);1H. The number of aliphatic imine (C=N–C) groups is 1. The van der Waals surface area contributed by atoms with Crippen molar-refractivity contribution in [3.63, 3.8) is 0 Å². The summed E-state index contributed by atoms with van der Waals surface area (Å²) in [6.07, 6.45) is 0. The number of benzene rings is 2. The molecule has 2 rings (SSSR count). The fourth-order valence-electron chi connectivity index (χ4n) is 2.27. The summed E-state index contributed by atoms with van der Waals surface area (Å²) in [4.78, 5) is 16.4. The van der Waals surface area contributed by atoms with Crippen LogP contribution in [0.1, 0.15) is 22.8 Å². The molecule has 2 aromatic rings. The number of carbonyl (C=O) groups excluding carboxylic acids is 1. The number of nitrogens with one attached hydrogen (secondary N) is 3. The number of hydrogen-bond donors (Lipinski definition) is 4. The first-order valence-corrected chi connectivity index (χ1v) is 8.43. The number of nitrogens with zero attached hydrogens (tertiary/aromatic N) is 1. The van der Waals surface area contributed by atoms with Crippen molar-refractivity contribution in [2.24, 2.45) is 4.99 Å². The molecule has 6 nitrogen and oxygen atoms in total. The number of aromatic hydroxyl groups is 1. The Morgan fingerprint density at radius 3 is 2.52 bits per heavy atom. The molecule has 0 atom stereocenters. The average molecular weight is 486 g/mol. The van der Waals surface area contributed by atoms with Crippen LogP contribution in [-0.4, -0.2) is 36.6 Å². The lowest BCUT2D eigenvalue weighted by Gasteiger charge is -2.12. The molecule has 0 spiro atoms. The van der Waals surface area contributed by atoms with Gasteiger partial charge in [-0.1, -0.05) is 24.3 Å². The molecular weight excluding hydrogens is 462 g/mol. The topological polar surface area (TPSA) is 85.8 Å². The van der Waals surface area contributed by atoms with Gasteiger partial charge < -0.3 is 21.1 Å². The smallest absolute Gasteiger partial charge is 0.255 e. The first-order chi connectivity index (χ1) is 12.6. The van der Waals surface area contributed by atoms with E-state index < -0.39 is 0 Å². The number of hydrogen-bond acceptors (Lipinski definition) is 3. The summed E-state index contributed by atoms with van der Waals surface area (Å²) in [5.41, 5.74) is 1.01. The maximum atomic E-state index is 13.2. The van der Waals surface area contributed by atoms with Gasteiger partial charge in [-0.05, 0) is 36.8 Å². The zero-order chi connectivity index (χ0) is 18.8. The van der Waals surface area contributed by atoms with Gasteiger partial charge in [0.15, 0.2) is 5.96 Å². The number of rotatable bonds is 7. The van der Waals surface area contributed by atoms with Crippen LogP contribution in [0, 0.1) is 5.82 Å². The predicted octanol–water partition coefficient (Wildman–Crippen LogP) is 2.63. The molecule has 2 aromatic carbocycles. The molecule has 1 amide bonds. The van der Waals surface area contributed by atoms with E-state index in [1.54, 1.807) is 24.3 Å². The van der Waals surface area contributed by atoms with Crippen LogP contribution < -0.4 is 16.0 Å². The van der Waals surface area contributed by atoms with Crippen molar-refractivity contribution >= 4 is 35.8 Å². The number of phenols is 1. The highest BCUT2D eigenvalue weighted by Crippen LogP contribution is 2.14. The van der Waals surface area contributed by atoms with E-state index in [1.165, 1.54) is 18.2 Å². The zero-order valence-corrected chi connectivity index (χ0v) is 17.4. The quantitative estimate of drug-likeness (QED) is 0.210. The van der Waals surface area contributed by atoms with Crippen LogP contribution in [0.4, 0.5) is 4.39 Å². The Morgan fingerprint density at radius 2 is 1.81 bits per heavy atom. The van der Waals surface area contributed by atoms with Gasteiger partial charge in [-0.15, -0.1) is 24.0 Å². The highest BCUT2D eigenvalue weighted by atomic mass is 127. The van der Waals surface area contributed by atoms with E-state index in [4.69, 9.17) is 0 Å². The van der Waals surface area contributed by atoms with Crippen LogP contribution in [0.3, 0.4) is 0 Å². The largest absolute Gasteiger partial charge is 0.507 e. The second kappa shape index (κ2) is 12.1. The lowest BCUT2D eigenvalue weighted by Crippen LogP contribution is -2.41. The number of carbonyl (C=O) groups is 1. The second-order valence-electron chi connectivity index (χ2n) is 5.52. The summed E-state index contributed by atoms with van der Waals surface area (Å²) in [6, 6.07) is 12.7. The van der Waals surface area contributed by atoms with E-state index in [9.17, 15) is 14.3 Å². The molecule has 8 heteroatoms. The molecule has 0 radical (unpaired) electrons. The maximum absolute atomic E-state index is 13.2. The summed E-state index contributed by atoms with van der Waals surface area (Å²) >= 11 is 0. The first-order valence-electron chi connectivity index (χ1n) is 8.43. The lowest BCUT2D eigenvalue weighted by atomic mass is 10.2. The Kier molecular flexibility index (Phi) is 10.2. The summed E-state index contributed by atoms with van der Waals surface area (Å²) in [5, 5.41) is 18.6. The van der Waals surface area contributed by atoms with Crippen LogP contribution in [0.15, 0.2) is 53.5 Å². The maximum Gasteiger partial charge on any atom is 0.255 e. The second-order valence-corrected chi connectivity index (χ2v) is 5.52. The van der Waals surface area contributed by atoms with Gasteiger partial charge in [0.05, 0.1) is 12.1 Å². The molecule has 4 N–H and O–H groups in total. The van der Waals surface area contributed by atoms with E-state index in [1.807, 2.05) is 13.0 Å². The minimum atomic E-state index is -0.341. The molecule has 0 aliphatic heterocycles. The lowest BCUT2D eigenvalue weighted by molar-refractivity contribution is 0.0951. The van der Waals surface area contributed by atoms with Gasteiger partial charge in [0.25, 0.3) is 5.91 Å². The van der Waals surface area contributed by atoms with Crippen LogP contribution in [0.5, 0.6) is 5.75 Å². The van der Waals surface area contributed by atoms with Gasteiger partial charge >= 0.3 is 0 Å². The highest BCUT2D eigenvalue weighted by Gasteiger charge is 2.09. The number of halogens is 2. The van der Waals surface area contributed by atoms with E-state index in [-0.39, 0.29) is 47.0 Å². The van der Waals surface area contributed by atoms with Crippen molar-refractivity contribution in [1.29, 1.82) is 0 Å². The SMILES string of the molecule is CCNC(=NCc1cccc(F)c1)NCCNC(=O)c1ccccc1O.I. The van der Waals surface area contributed by atoms with Crippen molar-refractivity contribution in [1.82, 2.24) is 16.0 Å². The number of phenolic OH excluding ortho intramolecular Hbond substituents is 1. The van der Waals surface area contributed by atoms with Crippen LogP contribution in [0.2, 0.25) is 0 Å². The van der Waals surface area contributed by atoms with Gasteiger partial charge in [0, 0.05) is 19.6 Å². The average Bonchev–Trinajstić information content (AvgIpc) is 2.63. The molecule has 27 heavy (non-hydrogen) atoms. The van der Waals surface area contributed by atoms with Crippen LogP contribution in [-0.2, 0) is 6.54 Å². The van der Waals surface area contributed by atoms with Gasteiger partial charge in [0.2, 0.25) is 0 Å². The molecule has 0 bridgehead atoms. The van der Waals surface area contributed by atoms with Crippen LogP contribution in [0.25, 0.3) is 0 Å². The Balaban J connectivity index is 0.00000364. The predicted molar refractivity (Wildman–Crippen MR) is 115 cm³/mol. The fraction of sp³-hybridized carbons (Fsp3) is 0.263. The Hall–Kier alpha value is -2.36. The molecular formula is C19H24FIN4O2. The highest BCUT2D eigenvalue weighted by molar-refractivity contribution is 14.0. The number of amides is 1. The Labute approximate surface area is 175 Å². The van der Waals surface area contributed by atoms with Gasteiger partial charge in [0.1, 0.15) is 11.6 Å². The van der Waals surface area contributed by atoms with Gasteiger partial charge in [-0.3, -0.25) is 4.79 Å². The first kappa shape index (κ1) is 22.7. The monoisotopic (exact) mass is 486 g/mol. The normalized spacial score (nSPS) is 10.7. The zero-order valence-electron chi connectivity index (χ0n) is 15.0. The molecule has 0 saturated heterocycles. The van der Waals surface area contributed by atoms with E-state index in [2.05, 4.69) is 20.9 Å². The minimum absolute atomic E-state index is 0. The molecule has 0 aliphatic carbocycles. The molecule has 0 aliphatic rings. The summed E-state index contributed by atoms with van der Waals surface area (Å²) in [7, 11) is 0. The Morgan fingerprint density at radius 1 is 1.07 bits per heavy atom. The van der Waals surface area contributed by atoms with Crippen molar-refractivity contribution in [2.75, 3.05) is 19.6 Å². The Bertz CT molecular complexity index is 771. The summed E-state index contributed by atoms with van der Waals surface area (Å²) in [6.45, 7) is 3.78. The molecule has 0 unspecified atom stereocenters. The molecule has 0 fully saturated rings. The summed E-state index contributed by atoms with van der Waals surface area (Å²) in [5.74, 6) is -0.106. The van der Waals surface area contributed by atoms with E-state index in [0.717, 1.165) is 5.56 Å². The van der Waals surface area contributed by atoms with Crippen molar-refractivity contribution in [3.8, 4) is 5.75 Å². The minimum Gasteiger partial charge on any atom is -0.507 e. The van der Waals surface area contributed by atoms with Gasteiger partial charge in [-0.25, -0.2) is 9.38 Å². The number of guanidine groups is 1. The molecule has 0 aromatic heterocycles. The molecule has 146 valence electrons. The number of para-hydroxylation sites is 1. The van der Waals surface area contributed by atoms with Crippen molar-refractivity contribution < 1.29 is 14.3 Å². The van der Waals surface area contributed by atoms with Crippen LogP contribution >= 0.6 is 24.0 Å². The van der Waals surface area contributed by atoms with Crippen molar-refractivity contribution in [3.05, 3.63) is 65.5 Å². The van der Waals surface area contributed by atoms with E-state index >= 15 is 0 Å².